The minimum absolute atomic E-state index is 0.144. The number of nitrogens with zero attached hydrogens (tertiary/aromatic N) is 4. The highest BCUT2D eigenvalue weighted by Crippen LogP contribution is 2.35. The minimum Gasteiger partial charge on any atom is -0.494 e. The van der Waals surface area contributed by atoms with E-state index < -0.39 is 0 Å². The molecule has 1 amide bonds. The van der Waals surface area contributed by atoms with Crippen molar-refractivity contribution in [3.63, 3.8) is 0 Å². The molecule has 1 atom stereocenters. The number of hydrogen-bond donors (Lipinski definition) is 3. The van der Waals surface area contributed by atoms with Crippen molar-refractivity contribution < 1.29 is 14.3 Å². The van der Waals surface area contributed by atoms with Crippen LogP contribution >= 0.6 is 0 Å². The third kappa shape index (κ3) is 3.79. The predicted octanol–water partition coefficient (Wildman–Crippen LogP) is 1.84. The molecular formula is C21H23N7O3. The molecule has 0 radical (unpaired) electrons. The van der Waals surface area contributed by atoms with Gasteiger partial charge in [-0.25, -0.2) is 19.9 Å². The summed E-state index contributed by atoms with van der Waals surface area (Å²) in [6.07, 6.45) is 2.02. The van der Waals surface area contributed by atoms with Crippen molar-refractivity contribution >= 4 is 17.7 Å². The van der Waals surface area contributed by atoms with Gasteiger partial charge in [-0.15, -0.1) is 0 Å². The molecule has 31 heavy (non-hydrogen) atoms. The van der Waals surface area contributed by atoms with Gasteiger partial charge in [0.25, 0.3) is 11.8 Å². The van der Waals surface area contributed by atoms with Crippen molar-refractivity contribution in [2.24, 2.45) is 0 Å². The third-order valence-corrected chi connectivity index (χ3v) is 5.06. The topological polar surface area (TPSA) is 151 Å². The lowest BCUT2D eigenvalue weighted by Gasteiger charge is -2.28. The highest BCUT2D eigenvalue weighted by atomic mass is 16.5. The van der Waals surface area contributed by atoms with Gasteiger partial charge in [0.1, 0.15) is 5.75 Å². The van der Waals surface area contributed by atoms with Crippen LogP contribution in [0.1, 0.15) is 40.3 Å². The number of anilines is 2. The molecule has 0 bridgehead atoms. The fourth-order valence-corrected chi connectivity index (χ4v) is 3.74. The normalized spacial score (nSPS) is 15.2. The highest BCUT2D eigenvalue weighted by Gasteiger charge is 2.31. The Kier molecular flexibility index (Phi) is 5.28. The zero-order valence-electron chi connectivity index (χ0n) is 17.5. The Labute approximate surface area is 179 Å². The fourth-order valence-electron chi connectivity index (χ4n) is 3.74. The summed E-state index contributed by atoms with van der Waals surface area (Å²) in [6, 6.07) is 5.26. The van der Waals surface area contributed by atoms with Crippen LogP contribution in [0, 0.1) is 6.92 Å². The lowest BCUT2D eigenvalue weighted by atomic mass is 9.90. The van der Waals surface area contributed by atoms with Crippen molar-refractivity contribution in [2.75, 3.05) is 25.2 Å². The molecule has 3 heterocycles. The number of fused-ring (bicyclic) bond motifs is 1. The standard InChI is InChI=1S/C21H23N7O3/c1-4-31-11-5-6-12(13(7-11)16-9-24-18(22)20(27-16)30-3)14-8-15-17(19(29)26-14)10(2)25-21(23)28-15/h5-7,9,14H,4,8H2,1-3H3,(H2,22,24)(H,26,29)(H2,23,25,28). The first kappa shape index (κ1) is 20.3. The smallest absolute Gasteiger partial charge is 0.257 e. The molecular weight excluding hydrogens is 398 g/mol. The molecule has 160 valence electrons. The van der Waals surface area contributed by atoms with E-state index in [0.717, 1.165) is 11.1 Å². The maximum atomic E-state index is 12.8. The molecule has 10 heteroatoms. The average molecular weight is 421 g/mol. The molecule has 0 aliphatic carbocycles. The number of benzene rings is 1. The first-order valence-corrected chi connectivity index (χ1v) is 9.78. The predicted molar refractivity (Wildman–Crippen MR) is 115 cm³/mol. The number of aryl methyl sites for hydroxylation is 1. The monoisotopic (exact) mass is 421 g/mol. The van der Waals surface area contributed by atoms with E-state index in [1.165, 1.54) is 7.11 Å². The molecule has 1 aliphatic heterocycles. The maximum Gasteiger partial charge on any atom is 0.257 e. The van der Waals surface area contributed by atoms with Crippen molar-refractivity contribution in [3.8, 4) is 22.9 Å². The van der Waals surface area contributed by atoms with Gasteiger partial charge in [0.15, 0.2) is 5.82 Å². The zero-order chi connectivity index (χ0) is 22.1. The summed E-state index contributed by atoms with van der Waals surface area (Å²) in [5.74, 6) is 0.981. The van der Waals surface area contributed by atoms with Gasteiger partial charge in [-0.1, -0.05) is 6.07 Å². The van der Waals surface area contributed by atoms with Gasteiger partial charge in [-0.3, -0.25) is 4.79 Å². The SMILES string of the molecule is CCOc1ccc(C2Cc3nc(N)nc(C)c3C(=O)N2)c(-c2cnc(N)c(OC)n2)c1. The Morgan fingerprint density at radius 3 is 2.77 bits per heavy atom. The molecule has 0 spiro atoms. The van der Waals surface area contributed by atoms with Crippen LogP contribution in [0.15, 0.2) is 24.4 Å². The van der Waals surface area contributed by atoms with Crippen LogP contribution in [0.5, 0.6) is 11.6 Å². The van der Waals surface area contributed by atoms with Crippen LogP contribution in [-0.4, -0.2) is 39.6 Å². The van der Waals surface area contributed by atoms with Crippen LogP contribution in [0.3, 0.4) is 0 Å². The molecule has 1 aliphatic rings. The molecule has 1 unspecified atom stereocenters. The summed E-state index contributed by atoms with van der Waals surface area (Å²) < 4.78 is 10.9. The van der Waals surface area contributed by atoms with E-state index in [0.29, 0.717) is 41.4 Å². The van der Waals surface area contributed by atoms with Crippen molar-refractivity contribution in [3.05, 3.63) is 46.9 Å². The minimum atomic E-state index is -0.357. The van der Waals surface area contributed by atoms with E-state index in [4.69, 9.17) is 20.9 Å². The van der Waals surface area contributed by atoms with Gasteiger partial charge >= 0.3 is 0 Å². The molecule has 3 aromatic rings. The van der Waals surface area contributed by atoms with E-state index in [1.54, 1.807) is 13.1 Å². The van der Waals surface area contributed by atoms with Gasteiger partial charge in [0.05, 0.1) is 48.6 Å². The molecule has 2 aromatic heterocycles. The van der Waals surface area contributed by atoms with Crippen molar-refractivity contribution in [1.29, 1.82) is 0 Å². The summed E-state index contributed by atoms with van der Waals surface area (Å²) in [6.45, 7) is 4.16. The Morgan fingerprint density at radius 2 is 2.03 bits per heavy atom. The van der Waals surface area contributed by atoms with E-state index in [-0.39, 0.29) is 29.6 Å². The van der Waals surface area contributed by atoms with Crippen LogP contribution in [-0.2, 0) is 6.42 Å². The quantitative estimate of drug-likeness (QED) is 0.560. The molecule has 0 saturated heterocycles. The molecule has 0 fully saturated rings. The van der Waals surface area contributed by atoms with Crippen molar-refractivity contribution in [2.45, 2.75) is 26.3 Å². The number of carbonyl (C=O) groups is 1. The first-order chi connectivity index (χ1) is 14.9. The lowest BCUT2D eigenvalue weighted by molar-refractivity contribution is 0.0922. The average Bonchev–Trinajstić information content (AvgIpc) is 2.73. The van der Waals surface area contributed by atoms with Crippen LogP contribution in [0.25, 0.3) is 11.3 Å². The molecule has 10 nitrogen and oxygen atoms in total. The number of nitrogen functional groups attached to an aromatic ring is 2. The number of hydrogen-bond acceptors (Lipinski definition) is 9. The van der Waals surface area contributed by atoms with Crippen LogP contribution in [0.4, 0.5) is 11.8 Å². The number of nitrogens with two attached hydrogens (primary N) is 2. The van der Waals surface area contributed by atoms with E-state index in [1.807, 2.05) is 25.1 Å². The molecule has 1 aromatic carbocycles. The number of aromatic nitrogens is 4. The Morgan fingerprint density at radius 1 is 1.23 bits per heavy atom. The number of ether oxygens (including phenoxy) is 2. The Bertz CT molecular complexity index is 1170. The van der Waals surface area contributed by atoms with Gasteiger partial charge < -0.3 is 26.3 Å². The molecule has 0 saturated carbocycles. The summed E-state index contributed by atoms with van der Waals surface area (Å²) in [7, 11) is 1.48. The first-order valence-electron chi connectivity index (χ1n) is 9.78. The summed E-state index contributed by atoms with van der Waals surface area (Å²) >= 11 is 0. The van der Waals surface area contributed by atoms with Gasteiger partial charge in [0.2, 0.25) is 5.95 Å². The highest BCUT2D eigenvalue weighted by molar-refractivity contribution is 5.98. The lowest BCUT2D eigenvalue weighted by Crippen LogP contribution is -2.37. The fraction of sp³-hybridized carbons (Fsp3) is 0.286. The number of methoxy groups -OCH3 is 1. The third-order valence-electron chi connectivity index (χ3n) is 5.06. The maximum absolute atomic E-state index is 12.8. The van der Waals surface area contributed by atoms with Gasteiger partial charge in [-0.05, 0) is 31.5 Å². The summed E-state index contributed by atoms with van der Waals surface area (Å²) in [5, 5.41) is 3.05. The van der Waals surface area contributed by atoms with Crippen LogP contribution in [0.2, 0.25) is 0 Å². The largest absolute Gasteiger partial charge is 0.494 e. The second-order valence-corrected chi connectivity index (χ2v) is 7.05. The number of nitrogens with one attached hydrogen (secondary N) is 1. The van der Waals surface area contributed by atoms with Gasteiger partial charge in [-0.2, -0.15) is 0 Å². The number of amides is 1. The second-order valence-electron chi connectivity index (χ2n) is 7.05. The van der Waals surface area contributed by atoms with E-state index in [9.17, 15) is 4.79 Å². The molecule has 5 N–H and O–H groups in total. The summed E-state index contributed by atoms with van der Waals surface area (Å²) in [5.41, 5.74) is 15.4. The van der Waals surface area contributed by atoms with Crippen molar-refractivity contribution in [1.82, 2.24) is 25.3 Å². The zero-order valence-corrected chi connectivity index (χ0v) is 17.5. The molecule has 4 rings (SSSR count). The summed E-state index contributed by atoms with van der Waals surface area (Å²) in [4.78, 5) is 29.9. The Balaban J connectivity index is 1.82. The van der Waals surface area contributed by atoms with E-state index in [2.05, 4.69) is 25.3 Å². The Hall–Kier alpha value is -3.95. The number of rotatable bonds is 5. The second kappa shape index (κ2) is 8.05. The van der Waals surface area contributed by atoms with E-state index >= 15 is 0 Å². The van der Waals surface area contributed by atoms with Gasteiger partial charge in [0, 0.05) is 12.0 Å². The van der Waals surface area contributed by atoms with Crippen LogP contribution < -0.4 is 26.3 Å². The number of carbonyl (C=O) groups excluding carboxylic acids is 1.